The molecule has 14 heavy (non-hydrogen) atoms. The summed E-state index contributed by atoms with van der Waals surface area (Å²) < 4.78 is 11.4. The molecule has 0 aromatic rings. The fourth-order valence-corrected chi connectivity index (χ4v) is 2.76. The van der Waals surface area contributed by atoms with Crippen molar-refractivity contribution >= 4 is 16.7 Å². The standard InChI is InChI=1S/C9H16N2O2S/c12-9(11-7-5-10-6-7)3-4-14(13)8-1-2-8/h7-8,10H,1-6H2,(H,11,12). The fraction of sp³-hybridized carbons (Fsp3) is 0.889. The molecule has 80 valence electrons. The molecular formula is C9H16N2O2S. The molecule has 1 saturated carbocycles. The summed E-state index contributed by atoms with van der Waals surface area (Å²) >= 11 is 0. The Labute approximate surface area is 86.3 Å². The molecule has 0 aromatic heterocycles. The van der Waals surface area contributed by atoms with Crippen molar-refractivity contribution in [3.05, 3.63) is 0 Å². The third-order valence-corrected chi connectivity index (χ3v) is 4.39. The van der Waals surface area contributed by atoms with Crippen molar-refractivity contribution in [2.75, 3.05) is 18.8 Å². The van der Waals surface area contributed by atoms with Gasteiger partial charge in [0, 0.05) is 41.3 Å². The number of amides is 1. The normalized spacial score (nSPS) is 24.0. The van der Waals surface area contributed by atoms with Crippen molar-refractivity contribution in [2.24, 2.45) is 0 Å². The van der Waals surface area contributed by atoms with E-state index >= 15 is 0 Å². The number of hydrogen-bond acceptors (Lipinski definition) is 3. The maximum atomic E-state index is 11.4. The monoisotopic (exact) mass is 216 g/mol. The van der Waals surface area contributed by atoms with Crippen LogP contribution in [-0.2, 0) is 15.6 Å². The molecule has 2 fully saturated rings. The van der Waals surface area contributed by atoms with Crippen LogP contribution in [0.2, 0.25) is 0 Å². The summed E-state index contributed by atoms with van der Waals surface area (Å²) in [4.78, 5) is 11.3. The topological polar surface area (TPSA) is 58.2 Å². The Balaban J connectivity index is 1.59. The first-order valence-corrected chi connectivity index (χ1v) is 6.51. The molecule has 2 rings (SSSR count). The molecule has 1 aliphatic carbocycles. The van der Waals surface area contributed by atoms with Gasteiger partial charge in [0.05, 0.1) is 6.04 Å². The Morgan fingerprint density at radius 1 is 1.43 bits per heavy atom. The van der Waals surface area contributed by atoms with Gasteiger partial charge in [0.1, 0.15) is 0 Å². The van der Waals surface area contributed by atoms with Crippen molar-refractivity contribution in [1.82, 2.24) is 10.6 Å². The highest BCUT2D eigenvalue weighted by atomic mass is 32.2. The third-order valence-electron chi connectivity index (χ3n) is 2.57. The molecule has 5 heteroatoms. The van der Waals surface area contributed by atoms with E-state index in [0.717, 1.165) is 25.9 Å². The molecular weight excluding hydrogens is 200 g/mol. The number of rotatable bonds is 5. The second kappa shape index (κ2) is 4.40. The van der Waals surface area contributed by atoms with E-state index in [-0.39, 0.29) is 5.91 Å². The summed E-state index contributed by atoms with van der Waals surface area (Å²) in [6.45, 7) is 1.74. The lowest BCUT2D eigenvalue weighted by Crippen LogP contribution is -2.57. The highest BCUT2D eigenvalue weighted by molar-refractivity contribution is 7.85. The van der Waals surface area contributed by atoms with Crippen LogP contribution in [0.5, 0.6) is 0 Å². The Hall–Kier alpha value is -0.420. The average molecular weight is 216 g/mol. The van der Waals surface area contributed by atoms with Crippen LogP contribution in [-0.4, -0.2) is 40.3 Å². The van der Waals surface area contributed by atoms with Gasteiger partial charge in [0.15, 0.2) is 0 Å². The summed E-state index contributed by atoms with van der Waals surface area (Å²) in [5.41, 5.74) is 0. The largest absolute Gasteiger partial charge is 0.351 e. The Bertz CT molecular complexity index is 249. The van der Waals surface area contributed by atoms with Crippen LogP contribution in [0.3, 0.4) is 0 Å². The van der Waals surface area contributed by atoms with Gasteiger partial charge in [0.25, 0.3) is 0 Å². The van der Waals surface area contributed by atoms with Crippen LogP contribution in [0.25, 0.3) is 0 Å². The molecule has 1 unspecified atom stereocenters. The fourth-order valence-electron chi connectivity index (χ4n) is 1.38. The first kappa shape index (κ1) is 10.1. The summed E-state index contributed by atoms with van der Waals surface area (Å²) in [5, 5.41) is 6.38. The first-order valence-electron chi connectivity index (χ1n) is 5.13. The molecule has 1 atom stereocenters. The summed E-state index contributed by atoms with van der Waals surface area (Å²) in [5.74, 6) is 0.585. The molecule has 0 radical (unpaired) electrons. The molecule has 1 heterocycles. The van der Waals surface area contributed by atoms with Gasteiger partial charge in [-0.15, -0.1) is 0 Å². The Kier molecular flexibility index (Phi) is 3.18. The van der Waals surface area contributed by atoms with Crippen LogP contribution < -0.4 is 10.6 Å². The van der Waals surface area contributed by atoms with Gasteiger partial charge in [-0.3, -0.25) is 9.00 Å². The second-order valence-corrected chi connectivity index (χ2v) is 5.79. The summed E-state index contributed by atoms with van der Waals surface area (Å²) in [7, 11) is -0.756. The molecule has 2 N–H and O–H groups in total. The smallest absolute Gasteiger partial charge is 0.221 e. The molecule has 1 aliphatic heterocycles. The zero-order valence-corrected chi connectivity index (χ0v) is 8.94. The van der Waals surface area contributed by atoms with Crippen LogP contribution in [0.4, 0.5) is 0 Å². The van der Waals surface area contributed by atoms with E-state index in [4.69, 9.17) is 0 Å². The van der Waals surface area contributed by atoms with Gasteiger partial charge in [-0.25, -0.2) is 0 Å². The lowest BCUT2D eigenvalue weighted by molar-refractivity contribution is -0.121. The minimum atomic E-state index is -0.756. The summed E-state index contributed by atoms with van der Waals surface area (Å²) in [6.07, 6.45) is 2.58. The van der Waals surface area contributed by atoms with E-state index in [1.165, 1.54) is 0 Å². The van der Waals surface area contributed by atoms with Gasteiger partial charge in [-0.2, -0.15) is 0 Å². The van der Waals surface area contributed by atoms with E-state index in [0.29, 0.717) is 23.5 Å². The Morgan fingerprint density at radius 2 is 2.14 bits per heavy atom. The van der Waals surface area contributed by atoms with Crippen molar-refractivity contribution in [1.29, 1.82) is 0 Å². The molecule has 1 amide bonds. The number of hydrogen-bond donors (Lipinski definition) is 2. The lowest BCUT2D eigenvalue weighted by Gasteiger charge is -2.27. The van der Waals surface area contributed by atoms with E-state index in [1.54, 1.807) is 0 Å². The van der Waals surface area contributed by atoms with Crippen LogP contribution in [0, 0.1) is 0 Å². The summed E-state index contributed by atoms with van der Waals surface area (Å²) in [6, 6.07) is 0.303. The zero-order chi connectivity index (χ0) is 9.97. The predicted molar refractivity (Wildman–Crippen MR) is 55.4 cm³/mol. The number of carbonyl (C=O) groups is 1. The van der Waals surface area contributed by atoms with Gasteiger partial charge < -0.3 is 10.6 Å². The van der Waals surface area contributed by atoms with Crippen LogP contribution in [0.1, 0.15) is 19.3 Å². The van der Waals surface area contributed by atoms with E-state index in [9.17, 15) is 9.00 Å². The minimum absolute atomic E-state index is 0.0468. The first-order chi connectivity index (χ1) is 6.75. The van der Waals surface area contributed by atoms with Gasteiger partial charge in [0.2, 0.25) is 5.91 Å². The van der Waals surface area contributed by atoms with Crippen molar-refractivity contribution in [3.8, 4) is 0 Å². The van der Waals surface area contributed by atoms with Crippen LogP contribution >= 0.6 is 0 Å². The van der Waals surface area contributed by atoms with Crippen molar-refractivity contribution < 1.29 is 9.00 Å². The van der Waals surface area contributed by atoms with Gasteiger partial charge >= 0.3 is 0 Å². The van der Waals surface area contributed by atoms with E-state index in [2.05, 4.69) is 10.6 Å². The maximum absolute atomic E-state index is 11.4. The van der Waals surface area contributed by atoms with Crippen molar-refractivity contribution in [3.63, 3.8) is 0 Å². The SMILES string of the molecule is O=C(CCS(=O)C1CC1)NC1CNC1. The molecule has 1 saturated heterocycles. The highest BCUT2D eigenvalue weighted by Gasteiger charge is 2.28. The quantitative estimate of drug-likeness (QED) is 0.643. The molecule has 4 nitrogen and oxygen atoms in total. The molecule has 0 aromatic carbocycles. The van der Waals surface area contributed by atoms with Crippen molar-refractivity contribution in [2.45, 2.75) is 30.6 Å². The van der Waals surface area contributed by atoms with E-state index in [1.807, 2.05) is 0 Å². The molecule has 0 spiro atoms. The highest BCUT2D eigenvalue weighted by Crippen LogP contribution is 2.26. The van der Waals surface area contributed by atoms with Crippen LogP contribution in [0.15, 0.2) is 0 Å². The Morgan fingerprint density at radius 3 is 2.64 bits per heavy atom. The lowest BCUT2D eigenvalue weighted by atomic mass is 10.2. The maximum Gasteiger partial charge on any atom is 0.221 e. The molecule has 2 aliphatic rings. The third kappa shape index (κ3) is 2.78. The minimum Gasteiger partial charge on any atom is -0.351 e. The predicted octanol–water partition coefficient (Wildman–Crippen LogP) is -0.624. The van der Waals surface area contributed by atoms with Gasteiger partial charge in [-0.05, 0) is 12.8 Å². The second-order valence-electron chi connectivity index (χ2n) is 3.96. The van der Waals surface area contributed by atoms with E-state index < -0.39 is 10.8 Å². The van der Waals surface area contributed by atoms with Gasteiger partial charge in [-0.1, -0.05) is 0 Å². The zero-order valence-electron chi connectivity index (χ0n) is 8.12. The average Bonchev–Trinajstić information content (AvgIpc) is 2.90. The number of nitrogens with one attached hydrogen (secondary N) is 2. The number of carbonyl (C=O) groups excluding carboxylic acids is 1. The molecule has 0 bridgehead atoms.